The molecule has 0 saturated carbocycles. The molecule has 4 nitrogen and oxygen atoms in total. The van der Waals surface area contributed by atoms with Crippen molar-refractivity contribution in [2.75, 3.05) is 0 Å². The number of carbonyl (C=O) groups is 2. The molecule has 1 heterocycles. The molecule has 17 heavy (non-hydrogen) atoms. The molecule has 1 aromatic carbocycles. The zero-order valence-corrected chi connectivity index (χ0v) is 9.90. The second kappa shape index (κ2) is 4.67. The summed E-state index contributed by atoms with van der Waals surface area (Å²) in [5, 5.41) is 0. The number of carbonyl (C=O) groups excluding carboxylic acids is 2. The quantitative estimate of drug-likeness (QED) is 0.794. The highest BCUT2D eigenvalue weighted by Gasteiger charge is 2.28. The summed E-state index contributed by atoms with van der Waals surface area (Å²) in [4.78, 5) is 24.4. The van der Waals surface area contributed by atoms with Crippen molar-refractivity contribution in [3.8, 4) is 0 Å². The number of aryl methyl sites for hydroxylation is 1. The maximum Gasteiger partial charge on any atom is 0.229 e. The van der Waals surface area contributed by atoms with Crippen LogP contribution in [0.1, 0.15) is 29.5 Å². The first-order valence-corrected chi connectivity index (χ1v) is 5.73. The van der Waals surface area contributed by atoms with Crippen LogP contribution in [0.3, 0.4) is 0 Å². The van der Waals surface area contributed by atoms with Gasteiger partial charge in [0.05, 0.1) is 6.54 Å². The molecule has 1 aliphatic rings. The van der Waals surface area contributed by atoms with E-state index in [0.717, 1.165) is 16.7 Å². The minimum Gasteiger partial charge on any atom is -0.326 e. The zero-order valence-electron chi connectivity index (χ0n) is 9.90. The SMILES string of the molecule is Cc1cc(CN)ccc1CN1C(=O)CCC1=O. The van der Waals surface area contributed by atoms with E-state index < -0.39 is 0 Å². The third-order valence-electron chi connectivity index (χ3n) is 3.13. The minimum atomic E-state index is -0.0719. The average molecular weight is 232 g/mol. The summed E-state index contributed by atoms with van der Waals surface area (Å²) >= 11 is 0. The van der Waals surface area contributed by atoms with Crippen LogP contribution in [0.4, 0.5) is 0 Å². The van der Waals surface area contributed by atoms with Gasteiger partial charge in [0.2, 0.25) is 11.8 Å². The molecule has 0 unspecified atom stereocenters. The average Bonchev–Trinajstić information content (AvgIpc) is 2.63. The molecule has 90 valence electrons. The van der Waals surface area contributed by atoms with Gasteiger partial charge in [-0.05, 0) is 23.6 Å². The van der Waals surface area contributed by atoms with Crippen LogP contribution >= 0.6 is 0 Å². The summed E-state index contributed by atoms with van der Waals surface area (Å²) in [5.41, 5.74) is 8.69. The van der Waals surface area contributed by atoms with E-state index in [2.05, 4.69) is 0 Å². The van der Waals surface area contributed by atoms with E-state index in [1.54, 1.807) is 0 Å². The van der Waals surface area contributed by atoms with Crippen LogP contribution in [-0.2, 0) is 22.7 Å². The van der Waals surface area contributed by atoms with Gasteiger partial charge in [-0.15, -0.1) is 0 Å². The van der Waals surface area contributed by atoms with Gasteiger partial charge in [-0.3, -0.25) is 14.5 Å². The summed E-state index contributed by atoms with van der Waals surface area (Å²) < 4.78 is 0. The Hall–Kier alpha value is -1.68. The number of hydrogen-bond donors (Lipinski definition) is 1. The van der Waals surface area contributed by atoms with Crippen LogP contribution in [-0.4, -0.2) is 16.7 Å². The molecule has 0 spiro atoms. The molecule has 0 atom stereocenters. The fourth-order valence-electron chi connectivity index (χ4n) is 2.03. The van der Waals surface area contributed by atoms with Gasteiger partial charge in [-0.25, -0.2) is 0 Å². The van der Waals surface area contributed by atoms with Crippen LogP contribution in [0.15, 0.2) is 18.2 Å². The number of rotatable bonds is 3. The predicted octanol–water partition coefficient (Wildman–Crippen LogP) is 1.10. The molecule has 2 N–H and O–H groups in total. The third kappa shape index (κ3) is 2.36. The maximum atomic E-state index is 11.5. The summed E-state index contributed by atoms with van der Waals surface area (Å²) in [6, 6.07) is 5.88. The Morgan fingerprint density at radius 1 is 1.24 bits per heavy atom. The zero-order chi connectivity index (χ0) is 12.4. The number of imide groups is 1. The van der Waals surface area contributed by atoms with E-state index in [1.807, 2.05) is 25.1 Å². The van der Waals surface area contributed by atoms with Crippen molar-refractivity contribution >= 4 is 11.8 Å². The van der Waals surface area contributed by atoms with Crippen molar-refractivity contribution in [1.82, 2.24) is 4.90 Å². The lowest BCUT2D eigenvalue weighted by molar-refractivity contribution is -0.139. The molecule has 1 aliphatic heterocycles. The van der Waals surface area contributed by atoms with Crippen LogP contribution in [0, 0.1) is 6.92 Å². The van der Waals surface area contributed by atoms with Crippen molar-refractivity contribution < 1.29 is 9.59 Å². The number of likely N-dealkylation sites (tertiary alicyclic amines) is 1. The fraction of sp³-hybridized carbons (Fsp3) is 0.385. The number of amides is 2. The van der Waals surface area contributed by atoms with Crippen LogP contribution in [0.2, 0.25) is 0 Å². The Balaban J connectivity index is 2.18. The normalized spacial score (nSPS) is 15.8. The first kappa shape index (κ1) is 11.8. The van der Waals surface area contributed by atoms with Gasteiger partial charge in [-0.1, -0.05) is 18.2 Å². The van der Waals surface area contributed by atoms with E-state index in [9.17, 15) is 9.59 Å². The lowest BCUT2D eigenvalue weighted by Gasteiger charge is -2.15. The van der Waals surface area contributed by atoms with Gasteiger partial charge in [0, 0.05) is 19.4 Å². The monoisotopic (exact) mass is 232 g/mol. The van der Waals surface area contributed by atoms with E-state index in [1.165, 1.54) is 4.90 Å². The second-order valence-corrected chi connectivity index (χ2v) is 4.34. The summed E-state index contributed by atoms with van der Waals surface area (Å²) in [7, 11) is 0. The number of nitrogens with two attached hydrogens (primary N) is 1. The Morgan fingerprint density at radius 3 is 2.41 bits per heavy atom. The van der Waals surface area contributed by atoms with Gasteiger partial charge in [0.25, 0.3) is 0 Å². The van der Waals surface area contributed by atoms with Crippen LogP contribution in [0.5, 0.6) is 0 Å². The van der Waals surface area contributed by atoms with Gasteiger partial charge in [0.15, 0.2) is 0 Å². The number of nitrogens with zero attached hydrogens (tertiary/aromatic N) is 1. The molecule has 1 aromatic rings. The van der Waals surface area contributed by atoms with Crippen LogP contribution < -0.4 is 5.73 Å². The Morgan fingerprint density at radius 2 is 1.88 bits per heavy atom. The first-order chi connectivity index (χ1) is 8.11. The highest BCUT2D eigenvalue weighted by atomic mass is 16.2. The summed E-state index contributed by atoms with van der Waals surface area (Å²) in [5.74, 6) is -0.144. The molecular weight excluding hydrogens is 216 g/mol. The molecular formula is C13H16N2O2. The molecule has 0 aliphatic carbocycles. The molecule has 0 radical (unpaired) electrons. The first-order valence-electron chi connectivity index (χ1n) is 5.73. The standard InChI is InChI=1S/C13H16N2O2/c1-9-6-10(7-14)2-3-11(9)8-15-12(16)4-5-13(15)17/h2-3,6H,4-5,7-8,14H2,1H3. The van der Waals surface area contributed by atoms with Crippen molar-refractivity contribution in [3.05, 3.63) is 34.9 Å². The van der Waals surface area contributed by atoms with Crippen molar-refractivity contribution in [3.63, 3.8) is 0 Å². The van der Waals surface area contributed by atoms with Gasteiger partial charge < -0.3 is 5.73 Å². The highest BCUT2D eigenvalue weighted by molar-refractivity contribution is 6.01. The molecule has 1 fully saturated rings. The third-order valence-corrected chi connectivity index (χ3v) is 3.13. The Labute approximate surface area is 100 Å². The van der Waals surface area contributed by atoms with E-state index >= 15 is 0 Å². The molecule has 2 amide bonds. The maximum absolute atomic E-state index is 11.5. The predicted molar refractivity (Wildman–Crippen MR) is 63.9 cm³/mol. The summed E-state index contributed by atoms with van der Waals surface area (Å²) in [6.07, 6.45) is 0.692. The molecule has 2 rings (SSSR count). The minimum absolute atomic E-state index is 0.0719. The lowest BCUT2D eigenvalue weighted by Crippen LogP contribution is -2.28. The van der Waals surface area contributed by atoms with Gasteiger partial charge in [0.1, 0.15) is 0 Å². The number of benzene rings is 1. The topological polar surface area (TPSA) is 63.4 Å². The van der Waals surface area contributed by atoms with E-state index in [4.69, 9.17) is 5.73 Å². The molecule has 4 heteroatoms. The molecule has 1 saturated heterocycles. The van der Waals surface area contributed by atoms with Gasteiger partial charge >= 0.3 is 0 Å². The molecule has 0 bridgehead atoms. The number of hydrogen-bond acceptors (Lipinski definition) is 3. The van der Waals surface area contributed by atoms with E-state index in [-0.39, 0.29) is 11.8 Å². The summed E-state index contributed by atoms with van der Waals surface area (Å²) in [6.45, 7) is 2.86. The van der Waals surface area contributed by atoms with Crippen molar-refractivity contribution in [1.29, 1.82) is 0 Å². The Kier molecular flexibility index (Phi) is 3.24. The second-order valence-electron chi connectivity index (χ2n) is 4.34. The van der Waals surface area contributed by atoms with Gasteiger partial charge in [-0.2, -0.15) is 0 Å². The fourth-order valence-corrected chi connectivity index (χ4v) is 2.03. The van der Waals surface area contributed by atoms with Crippen LogP contribution in [0.25, 0.3) is 0 Å². The smallest absolute Gasteiger partial charge is 0.229 e. The largest absolute Gasteiger partial charge is 0.326 e. The Bertz CT molecular complexity index is 452. The lowest BCUT2D eigenvalue weighted by atomic mass is 10.0. The van der Waals surface area contributed by atoms with E-state index in [0.29, 0.717) is 25.9 Å². The highest BCUT2D eigenvalue weighted by Crippen LogP contribution is 2.18. The molecule has 0 aromatic heterocycles. The van der Waals surface area contributed by atoms with Crippen molar-refractivity contribution in [2.45, 2.75) is 32.9 Å². The van der Waals surface area contributed by atoms with Crippen molar-refractivity contribution in [2.24, 2.45) is 5.73 Å².